The number of benzene rings is 2. The van der Waals surface area contributed by atoms with Crippen molar-refractivity contribution < 1.29 is 4.74 Å². The number of hydrogen-bond donors (Lipinski definition) is 0. The highest BCUT2D eigenvalue weighted by Crippen LogP contribution is 2.27. The topological polar surface area (TPSA) is 12.5 Å². The fraction of sp³-hybridized carbons (Fsp3) is 0.333. The molecule has 2 aromatic carbocycles. The number of rotatable bonds is 6. The number of nitrogens with zero attached hydrogens (tertiary/aromatic N) is 1. The first kappa shape index (κ1) is 17.5. The summed E-state index contributed by atoms with van der Waals surface area (Å²) in [5, 5.41) is 0. The average molecular weight is 306 g/mol. The second kappa shape index (κ2) is 8.71. The summed E-state index contributed by atoms with van der Waals surface area (Å²) in [6.07, 6.45) is 1.07. The number of aryl methyl sites for hydroxylation is 1. The number of para-hydroxylation sites is 1. The molecule has 0 saturated heterocycles. The Bertz CT molecular complexity index is 528. The lowest BCUT2D eigenvalue weighted by Gasteiger charge is -2.22. The van der Waals surface area contributed by atoms with E-state index in [2.05, 4.69) is 56.3 Å². The van der Waals surface area contributed by atoms with Crippen LogP contribution in [0.1, 0.15) is 23.7 Å². The molecule has 0 spiro atoms. The van der Waals surface area contributed by atoms with Gasteiger partial charge in [-0.1, -0.05) is 48.5 Å². The Labute approximate surface area is 134 Å². The van der Waals surface area contributed by atoms with Crippen molar-refractivity contribution in [3.8, 4) is 5.75 Å². The van der Waals surface area contributed by atoms with E-state index in [0.29, 0.717) is 0 Å². The average Bonchev–Trinajstić information content (AvgIpc) is 2.46. The van der Waals surface area contributed by atoms with Gasteiger partial charge in [0.15, 0.2) is 0 Å². The molecule has 1 atom stereocenters. The van der Waals surface area contributed by atoms with Crippen LogP contribution in [-0.2, 0) is 0 Å². The number of hydrogen-bond acceptors (Lipinski definition) is 2. The molecule has 114 valence electrons. The van der Waals surface area contributed by atoms with Gasteiger partial charge in [-0.3, -0.25) is 0 Å². The van der Waals surface area contributed by atoms with Crippen LogP contribution in [0.5, 0.6) is 5.75 Å². The van der Waals surface area contributed by atoms with E-state index in [0.717, 1.165) is 18.7 Å². The maximum atomic E-state index is 6.26. The highest BCUT2D eigenvalue weighted by molar-refractivity contribution is 5.85. The molecule has 0 bridgehead atoms. The zero-order valence-electron chi connectivity index (χ0n) is 13.0. The molecular formula is C18H24ClNO. The summed E-state index contributed by atoms with van der Waals surface area (Å²) in [6, 6.07) is 18.6. The van der Waals surface area contributed by atoms with Gasteiger partial charge in [0.05, 0.1) is 0 Å². The molecule has 0 amide bonds. The molecule has 1 unspecified atom stereocenters. The lowest BCUT2D eigenvalue weighted by Crippen LogP contribution is -2.19. The molecule has 0 N–H and O–H groups in total. The van der Waals surface area contributed by atoms with Crippen molar-refractivity contribution in [2.45, 2.75) is 19.4 Å². The largest absolute Gasteiger partial charge is 0.485 e. The van der Waals surface area contributed by atoms with E-state index < -0.39 is 0 Å². The zero-order chi connectivity index (χ0) is 14.4. The second-order valence-electron chi connectivity index (χ2n) is 5.37. The summed E-state index contributed by atoms with van der Waals surface area (Å²) in [5.74, 6) is 0.972. The molecule has 0 aliphatic carbocycles. The molecule has 0 heterocycles. The quantitative estimate of drug-likeness (QED) is 0.779. The van der Waals surface area contributed by atoms with Crippen molar-refractivity contribution in [1.82, 2.24) is 4.90 Å². The Hall–Kier alpha value is -1.51. The van der Waals surface area contributed by atoms with E-state index >= 15 is 0 Å². The first-order valence-electron chi connectivity index (χ1n) is 7.09. The Morgan fingerprint density at radius 3 is 2.19 bits per heavy atom. The van der Waals surface area contributed by atoms with E-state index in [1.807, 2.05) is 24.3 Å². The summed E-state index contributed by atoms with van der Waals surface area (Å²) >= 11 is 0. The molecule has 0 aliphatic rings. The van der Waals surface area contributed by atoms with Gasteiger partial charge in [0, 0.05) is 13.0 Å². The fourth-order valence-corrected chi connectivity index (χ4v) is 2.18. The van der Waals surface area contributed by atoms with Gasteiger partial charge in [-0.15, -0.1) is 12.4 Å². The van der Waals surface area contributed by atoms with Crippen molar-refractivity contribution >= 4 is 12.4 Å². The summed E-state index contributed by atoms with van der Waals surface area (Å²) < 4.78 is 6.26. The smallest absolute Gasteiger partial charge is 0.125 e. The molecular weight excluding hydrogens is 282 g/mol. The maximum absolute atomic E-state index is 6.26. The minimum atomic E-state index is 0. The third-order valence-electron chi connectivity index (χ3n) is 3.37. The summed E-state index contributed by atoms with van der Waals surface area (Å²) in [5.41, 5.74) is 2.41. The highest BCUT2D eigenvalue weighted by Gasteiger charge is 2.14. The summed E-state index contributed by atoms with van der Waals surface area (Å²) in [7, 11) is 4.19. The molecule has 0 aromatic heterocycles. The number of halogens is 1. The highest BCUT2D eigenvalue weighted by atomic mass is 35.5. The SMILES string of the molecule is Cc1ccccc1OC(CCN(C)C)c1ccccc1.Cl. The van der Waals surface area contributed by atoms with Crippen molar-refractivity contribution in [2.24, 2.45) is 0 Å². The fourth-order valence-electron chi connectivity index (χ4n) is 2.18. The standard InChI is InChI=1S/C18H23NO.ClH/c1-15-9-7-8-12-17(15)20-18(13-14-19(2)3)16-10-5-4-6-11-16;/h4-12,18H,13-14H2,1-3H3;1H. The zero-order valence-corrected chi connectivity index (χ0v) is 13.8. The van der Waals surface area contributed by atoms with Crippen molar-refractivity contribution in [1.29, 1.82) is 0 Å². The van der Waals surface area contributed by atoms with Crippen LogP contribution in [-0.4, -0.2) is 25.5 Å². The van der Waals surface area contributed by atoms with E-state index in [-0.39, 0.29) is 18.5 Å². The predicted molar refractivity (Wildman–Crippen MR) is 91.4 cm³/mol. The van der Waals surface area contributed by atoms with Gasteiger partial charge in [0.25, 0.3) is 0 Å². The molecule has 0 saturated carbocycles. The van der Waals surface area contributed by atoms with Gasteiger partial charge in [-0.25, -0.2) is 0 Å². The Balaban J connectivity index is 0.00000220. The normalized spacial score (nSPS) is 11.8. The van der Waals surface area contributed by atoms with Gasteiger partial charge in [0.1, 0.15) is 11.9 Å². The first-order valence-corrected chi connectivity index (χ1v) is 7.09. The molecule has 2 aromatic rings. The van der Waals surface area contributed by atoms with Gasteiger partial charge in [-0.2, -0.15) is 0 Å². The van der Waals surface area contributed by atoms with Crippen LogP contribution >= 0.6 is 12.4 Å². The number of ether oxygens (including phenoxy) is 1. The van der Waals surface area contributed by atoms with E-state index in [1.54, 1.807) is 0 Å². The third-order valence-corrected chi connectivity index (χ3v) is 3.37. The first-order chi connectivity index (χ1) is 9.66. The van der Waals surface area contributed by atoms with E-state index in [4.69, 9.17) is 4.74 Å². The van der Waals surface area contributed by atoms with Crippen LogP contribution in [0, 0.1) is 6.92 Å². The second-order valence-corrected chi connectivity index (χ2v) is 5.37. The molecule has 21 heavy (non-hydrogen) atoms. The summed E-state index contributed by atoms with van der Waals surface area (Å²) in [4.78, 5) is 2.19. The monoisotopic (exact) mass is 305 g/mol. The van der Waals surface area contributed by atoms with Crippen LogP contribution in [0.2, 0.25) is 0 Å². The molecule has 0 radical (unpaired) electrons. The maximum Gasteiger partial charge on any atom is 0.125 e. The van der Waals surface area contributed by atoms with Crippen LogP contribution < -0.4 is 4.74 Å². The van der Waals surface area contributed by atoms with Gasteiger partial charge >= 0.3 is 0 Å². The van der Waals surface area contributed by atoms with Crippen LogP contribution in [0.25, 0.3) is 0 Å². The molecule has 0 aliphatic heterocycles. The molecule has 3 heteroatoms. The van der Waals surface area contributed by atoms with Crippen LogP contribution in [0.3, 0.4) is 0 Å². The Kier molecular flexibility index (Phi) is 7.27. The van der Waals surface area contributed by atoms with Crippen molar-refractivity contribution in [2.75, 3.05) is 20.6 Å². The lowest BCUT2D eigenvalue weighted by molar-refractivity contribution is 0.178. The van der Waals surface area contributed by atoms with E-state index in [9.17, 15) is 0 Å². The predicted octanol–water partition coefficient (Wildman–Crippen LogP) is 4.49. The minimum absolute atomic E-state index is 0. The van der Waals surface area contributed by atoms with Crippen LogP contribution in [0.15, 0.2) is 54.6 Å². The lowest BCUT2D eigenvalue weighted by atomic mass is 10.1. The molecule has 2 rings (SSSR count). The molecule has 2 nitrogen and oxygen atoms in total. The van der Waals surface area contributed by atoms with Crippen molar-refractivity contribution in [3.63, 3.8) is 0 Å². The Morgan fingerprint density at radius 2 is 1.57 bits per heavy atom. The van der Waals surface area contributed by atoms with Gasteiger partial charge < -0.3 is 9.64 Å². The van der Waals surface area contributed by atoms with E-state index in [1.165, 1.54) is 11.1 Å². The van der Waals surface area contributed by atoms with Crippen LogP contribution in [0.4, 0.5) is 0 Å². The van der Waals surface area contributed by atoms with Gasteiger partial charge in [-0.05, 0) is 38.2 Å². The summed E-state index contributed by atoms with van der Waals surface area (Å²) in [6.45, 7) is 3.09. The third kappa shape index (κ3) is 5.41. The molecule has 0 fully saturated rings. The minimum Gasteiger partial charge on any atom is -0.485 e. The van der Waals surface area contributed by atoms with Gasteiger partial charge in [0.2, 0.25) is 0 Å². The Morgan fingerprint density at radius 1 is 0.952 bits per heavy atom. The van der Waals surface area contributed by atoms with Crippen molar-refractivity contribution in [3.05, 3.63) is 65.7 Å².